The Bertz CT molecular complexity index is 1350. The molecule has 1 spiro atoms. The molecule has 7 nitrogen and oxygen atoms in total. The maximum absolute atomic E-state index is 14.6. The molecule has 5 heterocycles. The quantitative estimate of drug-likeness (QED) is 0.599. The molecule has 0 amide bonds. The van der Waals surface area contributed by atoms with E-state index in [2.05, 4.69) is 9.97 Å². The van der Waals surface area contributed by atoms with Crippen molar-refractivity contribution < 1.29 is 18.6 Å². The SMILES string of the molecule is Cc1cnc(F)c(-c2ccc3c(c2)[C@@]2(COC(N)=N2)c2cc(C4=CCOCC4)ncc2O3)c1. The fraction of sp³-hybridized carbons (Fsp3) is 0.240. The first-order valence-electron chi connectivity index (χ1n) is 10.7. The molecule has 0 saturated heterocycles. The normalized spacial score (nSPS) is 20.9. The van der Waals surface area contributed by atoms with E-state index in [4.69, 9.17) is 24.9 Å². The zero-order valence-electron chi connectivity index (χ0n) is 18.0. The zero-order valence-corrected chi connectivity index (χ0v) is 18.0. The molecule has 3 aromatic rings. The van der Waals surface area contributed by atoms with Crippen LogP contribution in [0.25, 0.3) is 16.7 Å². The summed E-state index contributed by atoms with van der Waals surface area (Å²) in [6.45, 7) is 3.31. The molecule has 6 rings (SSSR count). The number of ether oxygens (including phenoxy) is 3. The minimum absolute atomic E-state index is 0.103. The van der Waals surface area contributed by atoms with Gasteiger partial charge in [0.25, 0.3) is 6.02 Å². The van der Waals surface area contributed by atoms with E-state index in [1.807, 2.05) is 37.3 Å². The van der Waals surface area contributed by atoms with Gasteiger partial charge in [-0.15, -0.1) is 0 Å². The molecule has 1 aromatic carbocycles. The number of halogens is 1. The molecule has 166 valence electrons. The van der Waals surface area contributed by atoms with Crippen molar-refractivity contribution in [3.63, 3.8) is 0 Å². The van der Waals surface area contributed by atoms with Crippen LogP contribution >= 0.6 is 0 Å². The zero-order chi connectivity index (χ0) is 22.6. The van der Waals surface area contributed by atoms with Crippen LogP contribution in [0, 0.1) is 12.9 Å². The predicted octanol–water partition coefficient (Wildman–Crippen LogP) is 4.09. The van der Waals surface area contributed by atoms with Crippen molar-refractivity contribution >= 4 is 11.6 Å². The van der Waals surface area contributed by atoms with Gasteiger partial charge in [0.1, 0.15) is 12.4 Å². The molecule has 0 aliphatic carbocycles. The van der Waals surface area contributed by atoms with Crippen molar-refractivity contribution in [2.75, 3.05) is 19.8 Å². The number of pyridine rings is 2. The maximum atomic E-state index is 14.6. The number of aryl methyl sites for hydroxylation is 1. The molecular weight excluding hydrogens is 423 g/mol. The summed E-state index contributed by atoms with van der Waals surface area (Å²) in [5.41, 5.74) is 10.6. The summed E-state index contributed by atoms with van der Waals surface area (Å²) in [5, 5.41) is 0. The molecule has 0 radical (unpaired) electrons. The standard InChI is InChI=1S/C25H21FN4O3/c1-14-8-17(23(26)29-11-14)16-2-3-21-18(9-16)25(13-32-24(27)30-25)19-10-20(28-12-22(19)33-21)15-4-6-31-7-5-15/h2-4,8-12H,5-7,13H2,1H3,(H2,27,30)/t25-/m0/s1. The second-order valence-corrected chi connectivity index (χ2v) is 8.38. The van der Waals surface area contributed by atoms with E-state index >= 15 is 0 Å². The Kier molecular flexibility index (Phi) is 4.45. The highest BCUT2D eigenvalue weighted by Gasteiger charge is 2.47. The lowest BCUT2D eigenvalue weighted by Gasteiger charge is -2.34. The third-order valence-electron chi connectivity index (χ3n) is 6.27. The Morgan fingerprint density at radius 1 is 1.06 bits per heavy atom. The van der Waals surface area contributed by atoms with Gasteiger partial charge in [-0.3, -0.25) is 4.98 Å². The first kappa shape index (κ1) is 19.9. The molecule has 3 aliphatic rings. The van der Waals surface area contributed by atoms with Gasteiger partial charge in [-0.2, -0.15) is 4.39 Å². The molecule has 2 aromatic heterocycles. The monoisotopic (exact) mass is 444 g/mol. The summed E-state index contributed by atoms with van der Waals surface area (Å²) in [6.07, 6.45) is 6.04. The fourth-order valence-electron chi connectivity index (χ4n) is 4.62. The molecule has 3 aliphatic heterocycles. The minimum Gasteiger partial charge on any atom is -0.462 e. The van der Waals surface area contributed by atoms with E-state index < -0.39 is 11.5 Å². The van der Waals surface area contributed by atoms with Crippen molar-refractivity contribution in [2.24, 2.45) is 10.7 Å². The number of nitrogens with two attached hydrogens (primary N) is 1. The summed E-state index contributed by atoms with van der Waals surface area (Å²) in [5.74, 6) is 0.668. The molecule has 33 heavy (non-hydrogen) atoms. The van der Waals surface area contributed by atoms with Crippen LogP contribution in [0.3, 0.4) is 0 Å². The Balaban J connectivity index is 1.54. The molecule has 0 fully saturated rings. The van der Waals surface area contributed by atoms with E-state index in [0.717, 1.165) is 34.4 Å². The second kappa shape index (κ2) is 7.38. The van der Waals surface area contributed by atoms with Crippen LogP contribution in [0.5, 0.6) is 11.5 Å². The van der Waals surface area contributed by atoms with Crippen molar-refractivity contribution in [3.05, 3.63) is 77.1 Å². The molecule has 8 heteroatoms. The van der Waals surface area contributed by atoms with Crippen LogP contribution in [-0.4, -0.2) is 35.8 Å². The second-order valence-electron chi connectivity index (χ2n) is 8.38. The van der Waals surface area contributed by atoms with Crippen LogP contribution in [0.4, 0.5) is 4.39 Å². The summed E-state index contributed by atoms with van der Waals surface area (Å²) < 4.78 is 31.9. The highest BCUT2D eigenvalue weighted by molar-refractivity contribution is 5.78. The van der Waals surface area contributed by atoms with Crippen LogP contribution in [-0.2, 0) is 15.0 Å². The summed E-state index contributed by atoms with van der Waals surface area (Å²) in [4.78, 5) is 13.2. The lowest BCUT2D eigenvalue weighted by Crippen LogP contribution is -2.31. The predicted molar refractivity (Wildman–Crippen MR) is 120 cm³/mol. The van der Waals surface area contributed by atoms with E-state index in [1.54, 1.807) is 12.3 Å². The Hall–Kier alpha value is -3.78. The van der Waals surface area contributed by atoms with Gasteiger partial charge in [0.05, 0.1) is 25.1 Å². The fourth-order valence-corrected chi connectivity index (χ4v) is 4.62. The Morgan fingerprint density at radius 2 is 1.94 bits per heavy atom. The average molecular weight is 444 g/mol. The molecule has 0 saturated carbocycles. The van der Waals surface area contributed by atoms with Crippen LogP contribution in [0.2, 0.25) is 0 Å². The number of fused-ring (bicyclic) bond motifs is 4. The number of nitrogens with zero attached hydrogens (tertiary/aromatic N) is 3. The molecular formula is C25H21FN4O3. The third-order valence-corrected chi connectivity index (χ3v) is 6.27. The first-order chi connectivity index (χ1) is 16.0. The number of aliphatic imine (C=N–C) groups is 1. The van der Waals surface area contributed by atoms with Crippen LogP contribution in [0.15, 0.2) is 53.8 Å². The Labute approximate surface area is 189 Å². The van der Waals surface area contributed by atoms with Crippen LogP contribution in [0.1, 0.15) is 28.8 Å². The number of hydrogen-bond acceptors (Lipinski definition) is 7. The first-order valence-corrected chi connectivity index (χ1v) is 10.7. The van der Waals surface area contributed by atoms with Crippen molar-refractivity contribution in [1.29, 1.82) is 0 Å². The maximum Gasteiger partial charge on any atom is 0.283 e. The summed E-state index contributed by atoms with van der Waals surface area (Å²) in [6, 6.07) is 9.38. The largest absolute Gasteiger partial charge is 0.462 e. The van der Waals surface area contributed by atoms with Gasteiger partial charge in [-0.05, 0) is 54.3 Å². The summed E-state index contributed by atoms with van der Waals surface area (Å²) >= 11 is 0. The molecule has 1 atom stereocenters. The minimum atomic E-state index is -0.917. The molecule has 0 bridgehead atoms. The van der Waals surface area contributed by atoms with Crippen molar-refractivity contribution in [2.45, 2.75) is 18.9 Å². The topological polar surface area (TPSA) is 91.9 Å². The van der Waals surface area contributed by atoms with Gasteiger partial charge >= 0.3 is 0 Å². The molecule has 0 unspecified atom stereocenters. The summed E-state index contributed by atoms with van der Waals surface area (Å²) in [7, 11) is 0. The number of rotatable bonds is 2. The van der Waals surface area contributed by atoms with E-state index in [1.165, 1.54) is 6.20 Å². The third kappa shape index (κ3) is 3.17. The molecule has 2 N–H and O–H groups in total. The van der Waals surface area contributed by atoms with Gasteiger partial charge in [0.15, 0.2) is 11.3 Å². The number of aromatic nitrogens is 2. The number of amidine groups is 1. The van der Waals surface area contributed by atoms with Gasteiger partial charge in [0, 0.05) is 22.9 Å². The highest BCUT2D eigenvalue weighted by Crippen LogP contribution is 2.52. The lowest BCUT2D eigenvalue weighted by molar-refractivity contribution is 0.161. The number of hydrogen-bond donors (Lipinski definition) is 1. The van der Waals surface area contributed by atoms with Crippen LogP contribution < -0.4 is 10.5 Å². The van der Waals surface area contributed by atoms with Gasteiger partial charge in [-0.25, -0.2) is 9.98 Å². The van der Waals surface area contributed by atoms with Crippen molar-refractivity contribution in [1.82, 2.24) is 9.97 Å². The number of benzene rings is 1. The average Bonchev–Trinajstić information content (AvgIpc) is 3.23. The van der Waals surface area contributed by atoms with E-state index in [0.29, 0.717) is 35.8 Å². The smallest absolute Gasteiger partial charge is 0.283 e. The van der Waals surface area contributed by atoms with Gasteiger partial charge in [-0.1, -0.05) is 12.1 Å². The van der Waals surface area contributed by atoms with Crippen molar-refractivity contribution in [3.8, 4) is 22.6 Å². The van der Waals surface area contributed by atoms with Gasteiger partial charge in [0.2, 0.25) is 5.95 Å². The highest BCUT2D eigenvalue weighted by atomic mass is 19.1. The van der Waals surface area contributed by atoms with Gasteiger partial charge < -0.3 is 19.9 Å². The van der Waals surface area contributed by atoms with E-state index in [9.17, 15) is 4.39 Å². The van der Waals surface area contributed by atoms with E-state index in [-0.39, 0.29) is 12.6 Å². The Morgan fingerprint density at radius 3 is 2.73 bits per heavy atom. The lowest BCUT2D eigenvalue weighted by atomic mass is 9.80.